The molecule has 2 nitrogen and oxygen atoms in total. The molecule has 0 aliphatic rings. The lowest BCUT2D eigenvalue weighted by Gasteiger charge is -2.14. The molecule has 1 aromatic rings. The minimum absolute atomic E-state index is 0.391. The van der Waals surface area contributed by atoms with Crippen LogP contribution in [0.1, 0.15) is 50.7 Å². The summed E-state index contributed by atoms with van der Waals surface area (Å²) in [5.74, 6) is 0. The Labute approximate surface area is 110 Å². The van der Waals surface area contributed by atoms with Crippen LogP contribution in [0.4, 0.5) is 0 Å². The van der Waals surface area contributed by atoms with Crippen molar-refractivity contribution in [1.29, 1.82) is 0 Å². The molecule has 0 aromatic heterocycles. The van der Waals surface area contributed by atoms with E-state index in [0.717, 1.165) is 12.0 Å². The summed E-state index contributed by atoms with van der Waals surface area (Å²) >= 11 is 0. The Morgan fingerprint density at radius 3 is 2.50 bits per heavy atom. The van der Waals surface area contributed by atoms with E-state index in [1.165, 1.54) is 12.8 Å². The van der Waals surface area contributed by atoms with Crippen molar-refractivity contribution in [2.24, 2.45) is 0 Å². The fraction of sp³-hybridized carbons (Fsp3) is 0.500. The number of benzene rings is 1. The van der Waals surface area contributed by atoms with Gasteiger partial charge in [-0.2, -0.15) is 0 Å². The number of allylic oxidation sites excluding steroid dienone is 1. The van der Waals surface area contributed by atoms with Gasteiger partial charge in [0.25, 0.3) is 0 Å². The molecule has 0 heterocycles. The van der Waals surface area contributed by atoms with E-state index in [4.69, 9.17) is 0 Å². The monoisotopic (exact) mass is 248 g/mol. The number of aliphatic hydroxyl groups is 2. The van der Waals surface area contributed by atoms with Crippen molar-refractivity contribution in [3.63, 3.8) is 0 Å². The molecule has 2 N–H and O–H groups in total. The Morgan fingerprint density at radius 1 is 1.11 bits per heavy atom. The van der Waals surface area contributed by atoms with Gasteiger partial charge in [-0.3, -0.25) is 0 Å². The SMILES string of the molecule is CCCC/C=C\C[C@@H](O)C[C@H](O)c1ccccc1. The van der Waals surface area contributed by atoms with Crippen LogP contribution in [0.5, 0.6) is 0 Å². The Kier molecular flexibility index (Phi) is 7.38. The standard InChI is InChI=1S/C16H24O2/c1-2-3-4-5-9-12-15(17)13-16(18)14-10-7-6-8-11-14/h5-11,15-18H,2-4,12-13H2,1H3/b9-5-/t15-,16+/m1/s1. The molecule has 0 spiro atoms. The smallest absolute Gasteiger partial charge is 0.0814 e. The third-order valence-corrected chi connectivity index (χ3v) is 2.98. The Balaban J connectivity index is 2.27. The molecular formula is C16H24O2. The third kappa shape index (κ3) is 5.99. The van der Waals surface area contributed by atoms with Crippen LogP contribution in [0.2, 0.25) is 0 Å². The van der Waals surface area contributed by atoms with Gasteiger partial charge in [0.1, 0.15) is 0 Å². The van der Waals surface area contributed by atoms with E-state index in [9.17, 15) is 10.2 Å². The van der Waals surface area contributed by atoms with Crippen LogP contribution in [0.15, 0.2) is 42.5 Å². The van der Waals surface area contributed by atoms with Gasteiger partial charge in [-0.1, -0.05) is 62.2 Å². The maximum atomic E-state index is 9.95. The van der Waals surface area contributed by atoms with Gasteiger partial charge in [0.2, 0.25) is 0 Å². The van der Waals surface area contributed by atoms with Crippen molar-refractivity contribution in [3.8, 4) is 0 Å². The molecule has 100 valence electrons. The zero-order chi connectivity index (χ0) is 13.2. The summed E-state index contributed by atoms with van der Waals surface area (Å²) in [7, 11) is 0. The first-order chi connectivity index (χ1) is 8.74. The van der Waals surface area contributed by atoms with E-state index in [1.54, 1.807) is 0 Å². The summed E-state index contributed by atoms with van der Waals surface area (Å²) < 4.78 is 0. The van der Waals surface area contributed by atoms with Crippen molar-refractivity contribution in [2.75, 3.05) is 0 Å². The van der Waals surface area contributed by atoms with Crippen molar-refractivity contribution in [3.05, 3.63) is 48.0 Å². The quantitative estimate of drug-likeness (QED) is 0.545. The molecule has 2 atom stereocenters. The molecule has 0 bridgehead atoms. The summed E-state index contributed by atoms with van der Waals surface area (Å²) in [4.78, 5) is 0. The lowest BCUT2D eigenvalue weighted by molar-refractivity contribution is 0.0821. The van der Waals surface area contributed by atoms with E-state index in [1.807, 2.05) is 36.4 Å². The van der Waals surface area contributed by atoms with Crippen LogP contribution < -0.4 is 0 Å². The van der Waals surface area contributed by atoms with Crippen molar-refractivity contribution < 1.29 is 10.2 Å². The summed E-state index contributed by atoms with van der Waals surface area (Å²) in [6.07, 6.45) is 7.54. The number of aliphatic hydroxyl groups excluding tert-OH is 2. The molecule has 1 aromatic carbocycles. The Morgan fingerprint density at radius 2 is 1.83 bits per heavy atom. The second-order valence-corrected chi connectivity index (χ2v) is 4.67. The molecule has 0 aliphatic heterocycles. The Hall–Kier alpha value is -1.12. The fourth-order valence-electron chi connectivity index (χ4n) is 1.86. The minimum Gasteiger partial charge on any atom is -0.393 e. The van der Waals surface area contributed by atoms with Crippen LogP contribution in [0.25, 0.3) is 0 Å². The van der Waals surface area contributed by atoms with Gasteiger partial charge in [0, 0.05) is 6.42 Å². The van der Waals surface area contributed by atoms with Crippen molar-refractivity contribution in [2.45, 2.75) is 51.2 Å². The summed E-state index contributed by atoms with van der Waals surface area (Å²) in [5, 5.41) is 19.8. The number of rotatable bonds is 8. The minimum atomic E-state index is -0.578. The molecule has 0 aliphatic carbocycles. The van der Waals surface area contributed by atoms with Gasteiger partial charge in [-0.05, 0) is 18.4 Å². The summed E-state index contributed by atoms with van der Waals surface area (Å²) in [5.41, 5.74) is 0.867. The predicted octanol–water partition coefficient (Wildman–Crippen LogP) is 3.61. The van der Waals surface area contributed by atoms with Gasteiger partial charge in [-0.25, -0.2) is 0 Å². The number of hydrogen-bond acceptors (Lipinski definition) is 2. The molecule has 0 radical (unpaired) electrons. The van der Waals surface area contributed by atoms with Crippen molar-refractivity contribution in [1.82, 2.24) is 0 Å². The van der Waals surface area contributed by atoms with E-state index in [-0.39, 0.29) is 0 Å². The fourth-order valence-corrected chi connectivity index (χ4v) is 1.86. The molecule has 0 saturated heterocycles. The Bertz CT molecular complexity index is 332. The van der Waals surface area contributed by atoms with Gasteiger partial charge in [0.05, 0.1) is 12.2 Å². The molecule has 0 unspecified atom stereocenters. The highest BCUT2D eigenvalue weighted by Crippen LogP contribution is 2.19. The largest absolute Gasteiger partial charge is 0.393 e. The number of hydrogen-bond donors (Lipinski definition) is 2. The first-order valence-electron chi connectivity index (χ1n) is 6.80. The first-order valence-corrected chi connectivity index (χ1v) is 6.80. The zero-order valence-electron chi connectivity index (χ0n) is 11.1. The summed E-state index contributed by atoms with van der Waals surface area (Å²) in [6.45, 7) is 2.17. The lowest BCUT2D eigenvalue weighted by Crippen LogP contribution is -2.11. The first kappa shape index (κ1) is 14.9. The maximum absolute atomic E-state index is 9.95. The third-order valence-electron chi connectivity index (χ3n) is 2.98. The van der Waals surface area contributed by atoms with Crippen LogP contribution in [0.3, 0.4) is 0 Å². The van der Waals surface area contributed by atoms with Crippen LogP contribution in [0, 0.1) is 0 Å². The maximum Gasteiger partial charge on any atom is 0.0814 e. The van der Waals surface area contributed by atoms with E-state index in [0.29, 0.717) is 12.8 Å². The van der Waals surface area contributed by atoms with Gasteiger partial charge in [-0.15, -0.1) is 0 Å². The average Bonchev–Trinajstić information content (AvgIpc) is 2.39. The average molecular weight is 248 g/mol. The highest BCUT2D eigenvalue weighted by molar-refractivity contribution is 5.17. The van der Waals surface area contributed by atoms with Crippen LogP contribution in [-0.2, 0) is 0 Å². The predicted molar refractivity (Wildman–Crippen MR) is 75.3 cm³/mol. The zero-order valence-corrected chi connectivity index (χ0v) is 11.1. The molecule has 2 heteroatoms. The van der Waals surface area contributed by atoms with E-state index in [2.05, 4.69) is 13.0 Å². The van der Waals surface area contributed by atoms with Crippen molar-refractivity contribution >= 4 is 0 Å². The molecule has 18 heavy (non-hydrogen) atoms. The molecule has 1 rings (SSSR count). The van der Waals surface area contributed by atoms with E-state index >= 15 is 0 Å². The molecule has 0 amide bonds. The van der Waals surface area contributed by atoms with Gasteiger partial charge >= 0.3 is 0 Å². The van der Waals surface area contributed by atoms with Gasteiger partial charge < -0.3 is 10.2 Å². The molecule has 0 fully saturated rings. The summed E-state index contributed by atoms with van der Waals surface area (Å²) in [6, 6.07) is 9.48. The van der Waals surface area contributed by atoms with Gasteiger partial charge in [0.15, 0.2) is 0 Å². The highest BCUT2D eigenvalue weighted by atomic mass is 16.3. The second kappa shape index (κ2) is 8.90. The van der Waals surface area contributed by atoms with E-state index < -0.39 is 12.2 Å². The molecular weight excluding hydrogens is 224 g/mol. The number of unbranched alkanes of at least 4 members (excludes halogenated alkanes) is 2. The molecule has 0 saturated carbocycles. The van der Waals surface area contributed by atoms with Crippen LogP contribution in [-0.4, -0.2) is 16.3 Å². The lowest BCUT2D eigenvalue weighted by atomic mass is 10.0. The second-order valence-electron chi connectivity index (χ2n) is 4.67. The highest BCUT2D eigenvalue weighted by Gasteiger charge is 2.12. The normalized spacial score (nSPS) is 14.8. The van der Waals surface area contributed by atoms with Crippen LogP contribution >= 0.6 is 0 Å². The topological polar surface area (TPSA) is 40.5 Å².